The zero-order valence-electron chi connectivity index (χ0n) is 8.77. The predicted molar refractivity (Wildman–Crippen MR) is 54.6 cm³/mol. The fraction of sp³-hybridized carbons (Fsp3) is 0.333. The van der Waals surface area contributed by atoms with E-state index in [1.54, 1.807) is 4.52 Å². The van der Waals surface area contributed by atoms with Crippen molar-refractivity contribution in [1.82, 2.24) is 19.6 Å². The summed E-state index contributed by atoms with van der Waals surface area (Å²) in [4.78, 5) is 19.1. The second kappa shape index (κ2) is 3.30. The molecule has 2 aromatic heterocycles. The zero-order valence-corrected chi connectivity index (χ0v) is 8.77. The van der Waals surface area contributed by atoms with Crippen molar-refractivity contribution in [3.05, 3.63) is 17.5 Å². The molecule has 2 rings (SSSR count). The van der Waals surface area contributed by atoms with Crippen LogP contribution in [0.4, 0.5) is 5.95 Å². The van der Waals surface area contributed by atoms with Gasteiger partial charge in [-0.2, -0.15) is 9.50 Å². The highest BCUT2D eigenvalue weighted by Gasteiger charge is 2.07. The van der Waals surface area contributed by atoms with E-state index < -0.39 is 0 Å². The fourth-order valence-corrected chi connectivity index (χ4v) is 1.38. The van der Waals surface area contributed by atoms with Crippen LogP contribution in [0, 0.1) is 13.8 Å². The summed E-state index contributed by atoms with van der Waals surface area (Å²) in [5.41, 5.74) is 1.81. The Morgan fingerprint density at radius 3 is 2.80 bits per heavy atom. The molecule has 0 unspecified atom stereocenters. The summed E-state index contributed by atoms with van der Waals surface area (Å²) in [6.45, 7) is 5.21. The maximum Gasteiger partial charge on any atom is 0.254 e. The number of carbonyl (C=O) groups is 1. The van der Waals surface area contributed by atoms with Gasteiger partial charge < -0.3 is 0 Å². The van der Waals surface area contributed by atoms with Crippen LogP contribution >= 0.6 is 0 Å². The minimum atomic E-state index is -0.194. The number of fused-ring (bicyclic) bond motifs is 1. The monoisotopic (exact) mass is 205 g/mol. The standard InChI is InChI=1S/C9H11N5O/c1-5-4-6(2)14-9(10-5)12-8(13-14)11-7(3)15/h4H,1-3H3,(H,11,13,15). The van der Waals surface area contributed by atoms with Gasteiger partial charge in [0.25, 0.3) is 11.7 Å². The average molecular weight is 205 g/mol. The Bertz CT molecular complexity index is 531. The van der Waals surface area contributed by atoms with E-state index in [-0.39, 0.29) is 11.9 Å². The summed E-state index contributed by atoms with van der Waals surface area (Å²) in [5.74, 6) is 0.584. The minimum Gasteiger partial charge on any atom is -0.293 e. The smallest absolute Gasteiger partial charge is 0.254 e. The molecule has 0 bridgehead atoms. The Balaban J connectivity index is 2.55. The molecular weight excluding hydrogens is 194 g/mol. The van der Waals surface area contributed by atoms with Gasteiger partial charge >= 0.3 is 0 Å². The second-order valence-electron chi connectivity index (χ2n) is 3.37. The zero-order chi connectivity index (χ0) is 11.0. The van der Waals surface area contributed by atoms with Gasteiger partial charge in [-0.05, 0) is 19.9 Å². The number of rotatable bonds is 1. The molecule has 1 N–H and O–H groups in total. The van der Waals surface area contributed by atoms with E-state index in [2.05, 4.69) is 20.4 Å². The van der Waals surface area contributed by atoms with Crippen LogP contribution in [-0.4, -0.2) is 25.5 Å². The summed E-state index contributed by atoms with van der Waals surface area (Å²) in [6, 6.07) is 1.90. The number of nitrogens with zero attached hydrogens (tertiary/aromatic N) is 4. The van der Waals surface area contributed by atoms with Gasteiger partial charge in [0, 0.05) is 18.3 Å². The van der Waals surface area contributed by atoms with Gasteiger partial charge in [0.1, 0.15) is 0 Å². The van der Waals surface area contributed by atoms with E-state index in [4.69, 9.17) is 0 Å². The number of carbonyl (C=O) groups excluding carboxylic acids is 1. The second-order valence-corrected chi connectivity index (χ2v) is 3.37. The Kier molecular flexibility index (Phi) is 2.11. The number of aryl methyl sites for hydroxylation is 2. The van der Waals surface area contributed by atoms with Crippen molar-refractivity contribution in [3.63, 3.8) is 0 Å². The molecule has 0 atom stereocenters. The minimum absolute atomic E-state index is 0.194. The molecular formula is C9H11N5O. The lowest BCUT2D eigenvalue weighted by Gasteiger charge is -1.97. The first-order valence-corrected chi connectivity index (χ1v) is 4.55. The van der Waals surface area contributed by atoms with Crippen molar-refractivity contribution in [2.24, 2.45) is 0 Å². The van der Waals surface area contributed by atoms with Crippen LogP contribution < -0.4 is 5.32 Å². The highest BCUT2D eigenvalue weighted by Crippen LogP contribution is 2.07. The molecule has 6 heteroatoms. The maximum absolute atomic E-state index is 10.8. The van der Waals surface area contributed by atoms with Crippen molar-refractivity contribution in [1.29, 1.82) is 0 Å². The van der Waals surface area contributed by atoms with E-state index in [0.717, 1.165) is 11.4 Å². The lowest BCUT2D eigenvalue weighted by Crippen LogP contribution is -2.07. The van der Waals surface area contributed by atoms with Gasteiger partial charge in [-0.15, -0.1) is 5.10 Å². The molecule has 15 heavy (non-hydrogen) atoms. The van der Waals surface area contributed by atoms with Crippen molar-refractivity contribution in [2.75, 3.05) is 5.32 Å². The number of anilines is 1. The van der Waals surface area contributed by atoms with E-state index in [9.17, 15) is 4.79 Å². The number of aromatic nitrogens is 4. The van der Waals surface area contributed by atoms with Gasteiger partial charge in [0.15, 0.2) is 0 Å². The summed E-state index contributed by atoms with van der Waals surface area (Å²) < 4.78 is 1.60. The lowest BCUT2D eigenvalue weighted by molar-refractivity contribution is -0.114. The Morgan fingerprint density at radius 1 is 1.40 bits per heavy atom. The van der Waals surface area contributed by atoms with Crippen LogP contribution in [-0.2, 0) is 4.79 Å². The summed E-state index contributed by atoms with van der Waals surface area (Å²) in [5, 5.41) is 6.62. The molecule has 6 nitrogen and oxygen atoms in total. The van der Waals surface area contributed by atoms with Gasteiger partial charge in [0.05, 0.1) is 0 Å². The first-order chi connectivity index (χ1) is 7.06. The van der Waals surface area contributed by atoms with Gasteiger partial charge in [0.2, 0.25) is 5.91 Å². The first-order valence-electron chi connectivity index (χ1n) is 4.55. The third-order valence-corrected chi connectivity index (χ3v) is 1.91. The van der Waals surface area contributed by atoms with Crippen LogP contribution in [0.25, 0.3) is 5.78 Å². The van der Waals surface area contributed by atoms with Crippen LogP contribution in [0.1, 0.15) is 18.3 Å². The molecule has 1 amide bonds. The van der Waals surface area contributed by atoms with Crippen LogP contribution in [0.2, 0.25) is 0 Å². The number of nitrogens with one attached hydrogen (secondary N) is 1. The van der Waals surface area contributed by atoms with Crippen molar-refractivity contribution in [2.45, 2.75) is 20.8 Å². The van der Waals surface area contributed by atoms with E-state index in [0.29, 0.717) is 5.78 Å². The molecule has 0 spiro atoms. The van der Waals surface area contributed by atoms with Crippen LogP contribution in [0.15, 0.2) is 6.07 Å². The highest BCUT2D eigenvalue weighted by atomic mass is 16.1. The third kappa shape index (κ3) is 1.78. The molecule has 0 aromatic carbocycles. The largest absolute Gasteiger partial charge is 0.293 e. The van der Waals surface area contributed by atoms with Crippen LogP contribution in [0.5, 0.6) is 0 Å². The van der Waals surface area contributed by atoms with Gasteiger partial charge in [-0.3, -0.25) is 10.1 Å². The van der Waals surface area contributed by atoms with Crippen LogP contribution in [0.3, 0.4) is 0 Å². The molecule has 0 aliphatic heterocycles. The van der Waals surface area contributed by atoms with Gasteiger partial charge in [-0.25, -0.2) is 4.98 Å². The molecule has 78 valence electrons. The number of hydrogen-bond acceptors (Lipinski definition) is 4. The highest BCUT2D eigenvalue weighted by molar-refractivity contribution is 5.86. The van der Waals surface area contributed by atoms with Crippen molar-refractivity contribution in [3.8, 4) is 0 Å². The Labute approximate surface area is 86.3 Å². The van der Waals surface area contributed by atoms with Gasteiger partial charge in [-0.1, -0.05) is 0 Å². The predicted octanol–water partition coefficient (Wildman–Crippen LogP) is 0.700. The molecule has 0 aliphatic carbocycles. The molecule has 0 radical (unpaired) electrons. The van der Waals surface area contributed by atoms with Crippen molar-refractivity contribution >= 4 is 17.6 Å². The molecule has 2 heterocycles. The van der Waals surface area contributed by atoms with E-state index in [1.807, 2.05) is 19.9 Å². The maximum atomic E-state index is 10.8. The average Bonchev–Trinajstić information content (AvgIpc) is 2.45. The number of amides is 1. The summed E-state index contributed by atoms with van der Waals surface area (Å²) in [6.07, 6.45) is 0. The lowest BCUT2D eigenvalue weighted by atomic mass is 10.4. The van der Waals surface area contributed by atoms with Crippen molar-refractivity contribution < 1.29 is 4.79 Å². The summed E-state index contributed by atoms with van der Waals surface area (Å²) >= 11 is 0. The quantitative estimate of drug-likeness (QED) is 0.743. The SMILES string of the molecule is CC(=O)Nc1nc2nc(C)cc(C)n2n1. The Hall–Kier alpha value is -1.98. The van der Waals surface area contributed by atoms with E-state index >= 15 is 0 Å². The molecule has 2 aromatic rings. The number of hydrogen-bond donors (Lipinski definition) is 1. The molecule has 0 aliphatic rings. The summed E-state index contributed by atoms with van der Waals surface area (Å²) in [7, 11) is 0. The Morgan fingerprint density at radius 2 is 2.13 bits per heavy atom. The fourth-order valence-electron chi connectivity index (χ4n) is 1.38. The first kappa shape index (κ1) is 9.57. The topological polar surface area (TPSA) is 72.2 Å². The molecule has 0 fully saturated rings. The third-order valence-electron chi connectivity index (χ3n) is 1.91. The molecule has 0 saturated heterocycles. The molecule has 0 saturated carbocycles. The van der Waals surface area contributed by atoms with E-state index in [1.165, 1.54) is 6.92 Å². The normalized spacial score (nSPS) is 10.6.